The fraction of sp³-hybridized carbons (Fsp3) is 0.211. The van der Waals surface area contributed by atoms with E-state index in [9.17, 15) is 17.6 Å². The molecule has 0 fully saturated rings. The zero-order chi connectivity index (χ0) is 18.8. The first-order valence-electron chi connectivity index (χ1n) is 8.64. The molecule has 1 amide bonds. The van der Waals surface area contributed by atoms with E-state index in [-0.39, 0.29) is 29.6 Å². The molecule has 0 atom stereocenters. The van der Waals surface area contributed by atoms with Crippen molar-refractivity contribution in [2.45, 2.75) is 24.3 Å². The molecule has 8 heteroatoms. The minimum atomic E-state index is -3.71. The Morgan fingerprint density at radius 3 is 2.81 bits per heavy atom. The zero-order valence-electron chi connectivity index (χ0n) is 14.3. The fourth-order valence-corrected chi connectivity index (χ4v) is 5.34. The summed E-state index contributed by atoms with van der Waals surface area (Å²) in [6, 6.07) is 9.21. The van der Waals surface area contributed by atoms with Gasteiger partial charge in [0.1, 0.15) is 5.82 Å². The van der Waals surface area contributed by atoms with Gasteiger partial charge in [0.15, 0.2) is 0 Å². The van der Waals surface area contributed by atoms with Gasteiger partial charge in [-0.1, -0.05) is 0 Å². The molecule has 5 rings (SSSR count). The van der Waals surface area contributed by atoms with Gasteiger partial charge in [-0.2, -0.15) is 4.31 Å². The van der Waals surface area contributed by atoms with Crippen LogP contribution in [-0.2, 0) is 34.2 Å². The molecule has 2 aliphatic heterocycles. The van der Waals surface area contributed by atoms with Crippen LogP contribution in [0.3, 0.4) is 0 Å². The van der Waals surface area contributed by atoms with E-state index < -0.39 is 10.0 Å². The number of benzene rings is 2. The van der Waals surface area contributed by atoms with Crippen molar-refractivity contribution in [1.29, 1.82) is 0 Å². The molecule has 0 bridgehead atoms. The Morgan fingerprint density at radius 1 is 1.11 bits per heavy atom. The van der Waals surface area contributed by atoms with Crippen LogP contribution in [0, 0.1) is 5.82 Å². The van der Waals surface area contributed by atoms with E-state index in [1.807, 2.05) is 0 Å². The maximum absolute atomic E-state index is 13.7. The summed E-state index contributed by atoms with van der Waals surface area (Å²) in [7, 11) is -3.71. The molecule has 3 aromatic rings. The molecule has 0 unspecified atom stereocenters. The third kappa shape index (κ3) is 2.55. The van der Waals surface area contributed by atoms with Gasteiger partial charge in [-0.05, 0) is 47.5 Å². The molecular weight excluding hydrogens is 369 g/mol. The second-order valence-corrected chi connectivity index (χ2v) is 8.84. The number of sulfonamides is 1. The topological polar surface area (TPSA) is 82.3 Å². The van der Waals surface area contributed by atoms with E-state index in [2.05, 4.69) is 10.3 Å². The van der Waals surface area contributed by atoms with Crippen LogP contribution in [0.15, 0.2) is 41.3 Å². The highest BCUT2D eigenvalue weighted by Gasteiger charge is 2.31. The highest BCUT2D eigenvalue weighted by molar-refractivity contribution is 7.89. The number of fused-ring (bicyclic) bond motifs is 4. The number of nitrogens with zero attached hydrogens (tertiary/aromatic N) is 1. The van der Waals surface area contributed by atoms with Gasteiger partial charge in [-0.3, -0.25) is 4.79 Å². The molecule has 0 saturated carbocycles. The number of H-pyrrole nitrogens is 1. The first-order chi connectivity index (χ1) is 12.9. The van der Waals surface area contributed by atoms with Gasteiger partial charge >= 0.3 is 0 Å². The van der Waals surface area contributed by atoms with Crippen LogP contribution in [0.1, 0.15) is 16.8 Å². The fourth-order valence-electron chi connectivity index (χ4n) is 3.88. The number of halogens is 1. The Morgan fingerprint density at radius 2 is 1.96 bits per heavy atom. The summed E-state index contributed by atoms with van der Waals surface area (Å²) in [5.41, 5.74) is 3.92. The molecule has 0 radical (unpaired) electrons. The van der Waals surface area contributed by atoms with Gasteiger partial charge in [0.25, 0.3) is 0 Å². The van der Waals surface area contributed by atoms with E-state index >= 15 is 0 Å². The molecular formula is C19H16FN3O3S. The molecule has 138 valence electrons. The Hall–Kier alpha value is -2.71. The van der Waals surface area contributed by atoms with Crippen LogP contribution in [-0.4, -0.2) is 30.2 Å². The molecule has 6 nitrogen and oxygen atoms in total. The number of hydrogen-bond acceptors (Lipinski definition) is 3. The van der Waals surface area contributed by atoms with Crippen molar-refractivity contribution < 1.29 is 17.6 Å². The minimum absolute atomic E-state index is 0.136. The van der Waals surface area contributed by atoms with Crippen molar-refractivity contribution in [3.63, 3.8) is 0 Å². The molecule has 0 saturated heterocycles. The van der Waals surface area contributed by atoms with Crippen LogP contribution >= 0.6 is 0 Å². The predicted octanol–water partition coefficient (Wildman–Crippen LogP) is 2.55. The number of anilines is 1. The first-order valence-corrected chi connectivity index (χ1v) is 10.1. The number of aromatic amines is 1. The number of carbonyl (C=O) groups is 1. The minimum Gasteiger partial charge on any atom is -0.358 e. The second-order valence-electron chi connectivity index (χ2n) is 6.90. The van der Waals surface area contributed by atoms with Gasteiger partial charge in [0.2, 0.25) is 15.9 Å². The van der Waals surface area contributed by atoms with Gasteiger partial charge in [-0.25, -0.2) is 12.8 Å². The molecule has 2 aliphatic rings. The standard InChI is InChI=1S/C19H16FN3O3S/c20-12-1-3-17-14(9-12)15-10-23(6-5-18(15)21-17)27(25,26)13-2-4-16-11(7-13)8-19(24)22-16/h1-4,7,9,21H,5-6,8,10H2,(H,22,24). The van der Waals surface area contributed by atoms with E-state index in [4.69, 9.17) is 0 Å². The van der Waals surface area contributed by atoms with Crippen molar-refractivity contribution in [2.75, 3.05) is 11.9 Å². The lowest BCUT2D eigenvalue weighted by atomic mass is 10.1. The number of aromatic nitrogens is 1. The summed E-state index contributed by atoms with van der Waals surface area (Å²) in [5.74, 6) is -0.483. The van der Waals surface area contributed by atoms with Crippen molar-refractivity contribution in [1.82, 2.24) is 9.29 Å². The summed E-state index contributed by atoms with van der Waals surface area (Å²) < 4.78 is 41.4. The average molecular weight is 385 g/mol. The van der Waals surface area contributed by atoms with Gasteiger partial charge in [0.05, 0.1) is 11.3 Å². The lowest BCUT2D eigenvalue weighted by molar-refractivity contribution is -0.115. The molecule has 3 heterocycles. The van der Waals surface area contributed by atoms with Crippen molar-refractivity contribution >= 4 is 32.5 Å². The smallest absolute Gasteiger partial charge is 0.243 e. The molecule has 2 N–H and O–H groups in total. The highest BCUT2D eigenvalue weighted by Crippen LogP contribution is 2.32. The molecule has 2 aromatic carbocycles. The molecule has 0 spiro atoms. The van der Waals surface area contributed by atoms with E-state index in [0.29, 0.717) is 29.6 Å². The Bertz CT molecular complexity index is 1220. The van der Waals surface area contributed by atoms with Crippen LogP contribution in [0.5, 0.6) is 0 Å². The van der Waals surface area contributed by atoms with Gasteiger partial charge < -0.3 is 10.3 Å². The van der Waals surface area contributed by atoms with Crippen molar-refractivity contribution in [3.05, 3.63) is 59.0 Å². The summed E-state index contributed by atoms with van der Waals surface area (Å²) >= 11 is 0. The normalized spacial score (nSPS) is 17.0. The lowest BCUT2D eigenvalue weighted by Crippen LogP contribution is -2.35. The highest BCUT2D eigenvalue weighted by atomic mass is 32.2. The number of carbonyl (C=O) groups excluding carboxylic acids is 1. The third-order valence-corrected chi connectivity index (χ3v) is 7.08. The van der Waals surface area contributed by atoms with Gasteiger partial charge in [-0.15, -0.1) is 0 Å². The van der Waals surface area contributed by atoms with Crippen LogP contribution in [0.2, 0.25) is 0 Å². The van der Waals surface area contributed by atoms with E-state index in [1.165, 1.54) is 22.5 Å². The van der Waals surface area contributed by atoms with Crippen LogP contribution < -0.4 is 5.32 Å². The predicted molar refractivity (Wildman–Crippen MR) is 98.3 cm³/mol. The Labute approximate surface area is 155 Å². The monoisotopic (exact) mass is 385 g/mol. The Balaban J connectivity index is 1.52. The van der Waals surface area contributed by atoms with E-state index in [0.717, 1.165) is 16.8 Å². The number of nitrogens with one attached hydrogen (secondary N) is 2. The average Bonchev–Trinajstić information content (AvgIpc) is 3.19. The first kappa shape index (κ1) is 16.5. The van der Waals surface area contributed by atoms with Crippen molar-refractivity contribution in [3.8, 4) is 0 Å². The van der Waals surface area contributed by atoms with E-state index in [1.54, 1.807) is 18.2 Å². The quantitative estimate of drug-likeness (QED) is 0.711. The molecule has 0 aliphatic carbocycles. The largest absolute Gasteiger partial charge is 0.358 e. The summed E-state index contributed by atoms with van der Waals surface area (Å²) in [5, 5.41) is 3.42. The summed E-state index contributed by atoms with van der Waals surface area (Å²) in [4.78, 5) is 15.0. The Kier molecular flexibility index (Phi) is 3.44. The summed E-state index contributed by atoms with van der Waals surface area (Å²) in [6.45, 7) is 0.536. The maximum Gasteiger partial charge on any atom is 0.243 e. The van der Waals surface area contributed by atoms with Gasteiger partial charge in [0, 0.05) is 41.8 Å². The second kappa shape index (κ2) is 5.64. The number of rotatable bonds is 2. The number of amides is 1. The molecule has 1 aromatic heterocycles. The lowest BCUT2D eigenvalue weighted by Gasteiger charge is -2.26. The summed E-state index contributed by atoms with van der Waals surface area (Å²) in [6.07, 6.45) is 0.723. The van der Waals surface area contributed by atoms with Crippen LogP contribution in [0.25, 0.3) is 10.9 Å². The molecule has 27 heavy (non-hydrogen) atoms. The third-order valence-electron chi connectivity index (χ3n) is 5.24. The number of hydrogen-bond donors (Lipinski definition) is 2. The zero-order valence-corrected chi connectivity index (χ0v) is 15.1. The SMILES string of the molecule is O=C1Cc2cc(S(=O)(=O)N3CCc4[nH]c5ccc(F)cc5c4C3)ccc2N1. The van der Waals surface area contributed by atoms with Crippen LogP contribution in [0.4, 0.5) is 10.1 Å². The van der Waals surface area contributed by atoms with Crippen molar-refractivity contribution in [2.24, 2.45) is 0 Å². The maximum atomic E-state index is 13.7.